The van der Waals surface area contributed by atoms with Gasteiger partial charge in [0.2, 0.25) is 0 Å². The highest BCUT2D eigenvalue weighted by molar-refractivity contribution is 6.32. The highest BCUT2D eigenvalue weighted by atomic mass is 35.5. The number of rotatable bonds is 4. The second-order valence-corrected chi connectivity index (χ2v) is 6.72. The van der Waals surface area contributed by atoms with Gasteiger partial charge >= 0.3 is 0 Å². The average Bonchev–Trinajstić information content (AvgIpc) is 2.67. The summed E-state index contributed by atoms with van der Waals surface area (Å²) in [5.41, 5.74) is 3.14. The van der Waals surface area contributed by atoms with Gasteiger partial charge < -0.3 is 4.74 Å². The first kappa shape index (κ1) is 16.9. The Hall–Kier alpha value is -2.55. The van der Waals surface area contributed by atoms with Gasteiger partial charge in [-0.2, -0.15) is 0 Å². The van der Waals surface area contributed by atoms with Crippen molar-refractivity contribution in [2.45, 2.75) is 6.61 Å². The third-order valence-corrected chi connectivity index (χ3v) is 4.71. The van der Waals surface area contributed by atoms with Crippen LogP contribution in [0.1, 0.15) is 5.56 Å². The zero-order chi connectivity index (χ0) is 17.9. The van der Waals surface area contributed by atoms with Crippen molar-refractivity contribution in [3.63, 3.8) is 0 Å². The topological polar surface area (TPSA) is 22.1 Å². The lowest BCUT2D eigenvalue weighted by atomic mass is 9.99. The molecule has 0 aliphatic heterocycles. The zero-order valence-corrected chi connectivity index (χ0v) is 15.3. The Bertz CT molecular complexity index is 1060. The molecule has 0 aliphatic rings. The Labute approximate surface area is 162 Å². The summed E-state index contributed by atoms with van der Waals surface area (Å²) >= 11 is 12.5. The quantitative estimate of drug-likeness (QED) is 0.364. The van der Waals surface area contributed by atoms with E-state index >= 15 is 0 Å². The Morgan fingerprint density at radius 1 is 0.808 bits per heavy atom. The number of halogens is 2. The zero-order valence-electron chi connectivity index (χ0n) is 13.8. The van der Waals surface area contributed by atoms with Crippen molar-refractivity contribution >= 4 is 34.0 Å². The van der Waals surface area contributed by atoms with E-state index < -0.39 is 0 Å². The van der Waals surface area contributed by atoms with E-state index in [0.717, 1.165) is 27.5 Å². The molecule has 3 aromatic carbocycles. The molecule has 0 bridgehead atoms. The Balaban J connectivity index is 1.79. The molecule has 0 aliphatic carbocycles. The number of aromatic nitrogens is 1. The van der Waals surface area contributed by atoms with Gasteiger partial charge in [0.05, 0.1) is 0 Å². The largest absolute Gasteiger partial charge is 0.485 e. The Morgan fingerprint density at radius 2 is 1.62 bits per heavy atom. The van der Waals surface area contributed by atoms with Crippen molar-refractivity contribution in [2.24, 2.45) is 0 Å². The number of hydrogen-bond donors (Lipinski definition) is 0. The lowest BCUT2D eigenvalue weighted by Crippen LogP contribution is -1.98. The van der Waals surface area contributed by atoms with Gasteiger partial charge in [-0.15, -0.1) is 0 Å². The molecular weight excluding hydrogens is 365 g/mol. The van der Waals surface area contributed by atoms with Crippen LogP contribution in [0.2, 0.25) is 10.2 Å². The molecule has 0 N–H and O–H groups in total. The third-order valence-electron chi connectivity index (χ3n) is 4.21. The standard InChI is InChI=1S/C22H15Cl2NO/c23-17-9-4-8-16(12-17)18-10-5-11-19-20(18)13-25-22(24)21(19)26-14-15-6-2-1-3-7-15/h1-13H,14H2. The summed E-state index contributed by atoms with van der Waals surface area (Å²) in [6, 6.07) is 23.8. The smallest absolute Gasteiger partial charge is 0.171 e. The van der Waals surface area contributed by atoms with Crippen molar-refractivity contribution in [3.05, 3.63) is 94.7 Å². The average molecular weight is 380 g/mol. The molecule has 1 aromatic heterocycles. The molecule has 0 unspecified atom stereocenters. The monoisotopic (exact) mass is 379 g/mol. The third kappa shape index (κ3) is 3.39. The van der Waals surface area contributed by atoms with Gasteiger partial charge in [-0.1, -0.05) is 83.9 Å². The molecule has 0 saturated heterocycles. The fraction of sp³-hybridized carbons (Fsp3) is 0.0455. The first-order valence-electron chi connectivity index (χ1n) is 8.22. The van der Waals surface area contributed by atoms with Gasteiger partial charge in [-0.05, 0) is 28.8 Å². The summed E-state index contributed by atoms with van der Waals surface area (Å²) in [4.78, 5) is 4.34. The van der Waals surface area contributed by atoms with Crippen molar-refractivity contribution in [3.8, 4) is 16.9 Å². The minimum absolute atomic E-state index is 0.358. The van der Waals surface area contributed by atoms with Crippen LogP contribution < -0.4 is 4.74 Å². The van der Waals surface area contributed by atoms with E-state index in [9.17, 15) is 0 Å². The van der Waals surface area contributed by atoms with Gasteiger partial charge in [0.15, 0.2) is 10.9 Å². The minimum Gasteiger partial charge on any atom is -0.485 e. The van der Waals surface area contributed by atoms with E-state index in [-0.39, 0.29) is 0 Å². The first-order chi connectivity index (χ1) is 12.7. The second-order valence-electron chi connectivity index (χ2n) is 5.93. The molecule has 0 fully saturated rings. The molecule has 0 radical (unpaired) electrons. The van der Waals surface area contributed by atoms with Crippen molar-refractivity contribution in [1.29, 1.82) is 0 Å². The van der Waals surface area contributed by atoms with Gasteiger partial charge in [0.25, 0.3) is 0 Å². The Kier molecular flexibility index (Phi) is 4.79. The summed E-state index contributed by atoms with van der Waals surface area (Å²) < 4.78 is 6.03. The molecule has 4 aromatic rings. The van der Waals surface area contributed by atoms with E-state index in [2.05, 4.69) is 4.98 Å². The van der Waals surface area contributed by atoms with Crippen LogP contribution in [0, 0.1) is 0 Å². The summed E-state index contributed by atoms with van der Waals surface area (Å²) in [5.74, 6) is 0.594. The van der Waals surface area contributed by atoms with Crippen LogP contribution in [0.4, 0.5) is 0 Å². The predicted molar refractivity (Wildman–Crippen MR) is 108 cm³/mol. The van der Waals surface area contributed by atoms with Gasteiger partial charge in [-0.3, -0.25) is 0 Å². The maximum absolute atomic E-state index is 6.34. The van der Waals surface area contributed by atoms with E-state index in [0.29, 0.717) is 22.5 Å². The highest BCUT2D eigenvalue weighted by Crippen LogP contribution is 2.37. The van der Waals surface area contributed by atoms with E-state index in [4.69, 9.17) is 27.9 Å². The summed E-state index contributed by atoms with van der Waals surface area (Å²) in [5, 5.41) is 2.96. The highest BCUT2D eigenvalue weighted by Gasteiger charge is 2.13. The van der Waals surface area contributed by atoms with Crippen LogP contribution in [-0.2, 0) is 6.61 Å². The second kappa shape index (κ2) is 7.36. The molecule has 0 atom stereocenters. The molecule has 26 heavy (non-hydrogen) atoms. The molecule has 128 valence electrons. The van der Waals surface area contributed by atoms with Crippen molar-refractivity contribution in [2.75, 3.05) is 0 Å². The van der Waals surface area contributed by atoms with Crippen LogP contribution in [-0.4, -0.2) is 4.98 Å². The number of benzene rings is 3. The summed E-state index contributed by atoms with van der Waals surface area (Å²) in [6.07, 6.45) is 1.78. The molecule has 2 nitrogen and oxygen atoms in total. The molecule has 4 rings (SSSR count). The summed E-state index contributed by atoms with van der Waals surface area (Å²) in [6.45, 7) is 0.433. The number of pyridine rings is 1. The van der Waals surface area contributed by atoms with Crippen molar-refractivity contribution in [1.82, 2.24) is 4.98 Å². The Morgan fingerprint density at radius 3 is 2.42 bits per heavy atom. The maximum atomic E-state index is 6.34. The van der Waals surface area contributed by atoms with Crippen molar-refractivity contribution < 1.29 is 4.74 Å². The number of nitrogens with zero attached hydrogens (tertiary/aromatic N) is 1. The molecular formula is C22H15Cl2NO. The van der Waals surface area contributed by atoms with Gasteiger partial charge in [-0.25, -0.2) is 4.98 Å². The lowest BCUT2D eigenvalue weighted by Gasteiger charge is -2.13. The van der Waals surface area contributed by atoms with Crippen LogP contribution in [0.15, 0.2) is 79.0 Å². The van der Waals surface area contributed by atoms with E-state index in [1.807, 2.05) is 72.8 Å². The molecule has 0 saturated carbocycles. The predicted octanol–water partition coefficient (Wildman–Crippen LogP) is 6.79. The normalized spacial score (nSPS) is 10.8. The number of fused-ring (bicyclic) bond motifs is 1. The van der Waals surface area contributed by atoms with Crippen LogP contribution in [0.25, 0.3) is 21.9 Å². The molecule has 0 amide bonds. The van der Waals surface area contributed by atoms with Crippen LogP contribution >= 0.6 is 23.2 Å². The fourth-order valence-electron chi connectivity index (χ4n) is 2.97. The summed E-state index contributed by atoms with van der Waals surface area (Å²) in [7, 11) is 0. The first-order valence-corrected chi connectivity index (χ1v) is 8.98. The number of ether oxygens (including phenoxy) is 1. The fourth-order valence-corrected chi connectivity index (χ4v) is 3.36. The maximum Gasteiger partial charge on any atom is 0.171 e. The number of hydrogen-bond acceptors (Lipinski definition) is 2. The lowest BCUT2D eigenvalue weighted by molar-refractivity contribution is 0.309. The van der Waals surface area contributed by atoms with Crippen LogP contribution in [0.3, 0.4) is 0 Å². The van der Waals surface area contributed by atoms with E-state index in [1.54, 1.807) is 6.20 Å². The van der Waals surface area contributed by atoms with Gasteiger partial charge in [0, 0.05) is 22.0 Å². The van der Waals surface area contributed by atoms with Crippen LogP contribution in [0.5, 0.6) is 5.75 Å². The SMILES string of the molecule is Clc1cccc(-c2cccc3c(OCc4ccccc4)c(Cl)ncc23)c1. The molecule has 0 spiro atoms. The molecule has 1 heterocycles. The molecule has 4 heteroatoms. The van der Waals surface area contributed by atoms with E-state index in [1.165, 1.54) is 0 Å². The van der Waals surface area contributed by atoms with Gasteiger partial charge in [0.1, 0.15) is 6.61 Å². The minimum atomic E-state index is 0.358.